The molecular weight excluding hydrogens is 1150 g/mol. The Labute approximate surface area is 530 Å². The van der Waals surface area contributed by atoms with E-state index in [-0.39, 0.29) is 25.7 Å². The maximum Gasteiger partial charge on any atom is 0.472 e. The number of carbonyl (C=O) groups is 4. The van der Waals surface area contributed by atoms with Crippen molar-refractivity contribution in [3.8, 4) is 0 Å². The number of ether oxygens (including phenoxy) is 4. The molecule has 0 radical (unpaired) electrons. The highest BCUT2D eigenvalue weighted by molar-refractivity contribution is 7.47. The number of phosphoric acid groups is 2. The van der Waals surface area contributed by atoms with Crippen LogP contribution in [0.5, 0.6) is 0 Å². The first-order chi connectivity index (χ1) is 42.0. The van der Waals surface area contributed by atoms with Crippen LogP contribution < -0.4 is 0 Å². The summed E-state index contributed by atoms with van der Waals surface area (Å²) in [6, 6.07) is 0. The van der Waals surface area contributed by atoms with Crippen LogP contribution >= 0.6 is 15.6 Å². The molecule has 516 valence electrons. The quantitative estimate of drug-likeness (QED) is 0.0222. The standard InChI is InChI=1S/C68H132O17P2/c1-6-9-12-15-18-21-23-25-26-28-30-33-38-43-48-53-67(72)84-63(57-79-66(71)52-47-42-37-32-29-27-24-22-19-16-13-10-7-2)59-82-86(74,75)80-55-62(69)56-81-87(76,77)83-60-64(58-78-65(70)51-46-41-36-31-20-17-14-11-8-3)85-68(73)54-49-44-39-34-35-40-45-50-61(4)5/h61-64,69H,6-60H2,1-5H3,(H,74,75)(H,76,77)/t62-,63-,64-/m1/s1. The molecule has 0 heterocycles. The normalized spacial score (nSPS) is 14.1. The van der Waals surface area contributed by atoms with Crippen molar-refractivity contribution in [1.29, 1.82) is 0 Å². The molecule has 0 aliphatic rings. The zero-order valence-corrected chi connectivity index (χ0v) is 57.9. The van der Waals surface area contributed by atoms with E-state index >= 15 is 0 Å². The van der Waals surface area contributed by atoms with Gasteiger partial charge in [-0.1, -0.05) is 298 Å². The van der Waals surface area contributed by atoms with Gasteiger partial charge in [-0.15, -0.1) is 0 Å². The predicted octanol–water partition coefficient (Wildman–Crippen LogP) is 19.4. The molecule has 5 atom stereocenters. The monoisotopic (exact) mass is 1280 g/mol. The van der Waals surface area contributed by atoms with Crippen molar-refractivity contribution < 1.29 is 80.2 Å². The Balaban J connectivity index is 5.23. The van der Waals surface area contributed by atoms with Gasteiger partial charge in [0.2, 0.25) is 0 Å². The molecule has 2 unspecified atom stereocenters. The fourth-order valence-electron chi connectivity index (χ4n) is 10.3. The maximum absolute atomic E-state index is 13.0. The molecule has 0 aromatic rings. The van der Waals surface area contributed by atoms with Crippen LogP contribution in [0.2, 0.25) is 0 Å². The second-order valence-electron chi connectivity index (χ2n) is 25.0. The van der Waals surface area contributed by atoms with E-state index in [4.69, 9.17) is 37.0 Å². The second kappa shape index (κ2) is 61.6. The zero-order chi connectivity index (χ0) is 64.2. The van der Waals surface area contributed by atoms with Gasteiger partial charge < -0.3 is 33.8 Å². The van der Waals surface area contributed by atoms with Crippen LogP contribution in [0, 0.1) is 5.92 Å². The Kier molecular flexibility index (Phi) is 60.2. The smallest absolute Gasteiger partial charge is 0.462 e. The van der Waals surface area contributed by atoms with Crippen molar-refractivity contribution in [3.63, 3.8) is 0 Å². The minimum absolute atomic E-state index is 0.104. The molecule has 0 fully saturated rings. The fraction of sp³-hybridized carbons (Fsp3) is 0.941. The summed E-state index contributed by atoms with van der Waals surface area (Å²) in [6.07, 6.45) is 47.2. The summed E-state index contributed by atoms with van der Waals surface area (Å²) in [4.78, 5) is 72.4. The van der Waals surface area contributed by atoms with Crippen LogP contribution in [0.4, 0.5) is 0 Å². The van der Waals surface area contributed by atoms with Crippen molar-refractivity contribution in [3.05, 3.63) is 0 Å². The van der Waals surface area contributed by atoms with Crippen molar-refractivity contribution >= 4 is 39.5 Å². The van der Waals surface area contributed by atoms with Gasteiger partial charge >= 0.3 is 39.5 Å². The Morgan fingerprint density at radius 3 is 0.782 bits per heavy atom. The molecule has 87 heavy (non-hydrogen) atoms. The third-order valence-corrected chi connectivity index (χ3v) is 17.7. The lowest BCUT2D eigenvalue weighted by Gasteiger charge is -2.21. The molecular formula is C68H132O17P2. The number of rotatable bonds is 68. The molecule has 0 saturated heterocycles. The van der Waals surface area contributed by atoms with Gasteiger partial charge in [0.15, 0.2) is 12.2 Å². The van der Waals surface area contributed by atoms with Crippen molar-refractivity contribution in [2.45, 2.75) is 368 Å². The van der Waals surface area contributed by atoms with Gasteiger partial charge in [-0.3, -0.25) is 37.3 Å². The molecule has 19 heteroatoms. The van der Waals surface area contributed by atoms with E-state index in [1.54, 1.807) is 0 Å². The molecule has 0 aliphatic carbocycles. The Morgan fingerprint density at radius 2 is 0.529 bits per heavy atom. The van der Waals surface area contributed by atoms with Gasteiger partial charge in [0.05, 0.1) is 26.4 Å². The molecule has 0 aromatic heterocycles. The summed E-state index contributed by atoms with van der Waals surface area (Å²) in [5.74, 6) is -1.43. The summed E-state index contributed by atoms with van der Waals surface area (Å²) in [5, 5.41) is 10.6. The van der Waals surface area contributed by atoms with E-state index in [1.807, 2.05) is 0 Å². The third-order valence-electron chi connectivity index (χ3n) is 15.8. The molecule has 0 aromatic carbocycles. The SMILES string of the molecule is CCCCCCCCCCCCCCCCCC(=O)O[C@H](COC(=O)CCCCCCCCCCCCCCC)COP(=O)(O)OC[C@@H](O)COP(=O)(O)OC[C@@H](COC(=O)CCCCCCCCCCC)OC(=O)CCCCCCCCCC(C)C. The fourth-order valence-corrected chi connectivity index (χ4v) is 11.9. The number of aliphatic hydroxyl groups excluding tert-OH is 1. The molecule has 0 bridgehead atoms. The molecule has 3 N–H and O–H groups in total. The summed E-state index contributed by atoms with van der Waals surface area (Å²) >= 11 is 0. The first-order valence-electron chi connectivity index (χ1n) is 35.6. The zero-order valence-electron chi connectivity index (χ0n) is 56.2. The van der Waals surface area contributed by atoms with Crippen LogP contribution in [0.15, 0.2) is 0 Å². The number of carbonyl (C=O) groups excluding carboxylic acids is 4. The van der Waals surface area contributed by atoms with Crippen molar-refractivity contribution in [1.82, 2.24) is 0 Å². The van der Waals surface area contributed by atoms with Gasteiger partial charge in [0, 0.05) is 25.7 Å². The third kappa shape index (κ3) is 62.6. The summed E-state index contributed by atoms with van der Waals surface area (Å²) in [7, 11) is -9.89. The molecule has 0 spiro atoms. The van der Waals surface area contributed by atoms with Gasteiger partial charge in [-0.2, -0.15) is 0 Å². The van der Waals surface area contributed by atoms with Crippen LogP contribution in [-0.4, -0.2) is 96.7 Å². The average molecular weight is 1280 g/mol. The lowest BCUT2D eigenvalue weighted by atomic mass is 10.0. The highest BCUT2D eigenvalue weighted by Gasteiger charge is 2.30. The Morgan fingerprint density at radius 1 is 0.310 bits per heavy atom. The van der Waals surface area contributed by atoms with E-state index in [0.717, 1.165) is 89.9 Å². The Bertz CT molecular complexity index is 1690. The first kappa shape index (κ1) is 85.1. The van der Waals surface area contributed by atoms with Crippen molar-refractivity contribution in [2.75, 3.05) is 39.6 Å². The summed E-state index contributed by atoms with van der Waals surface area (Å²) in [6.45, 7) is 7.16. The highest BCUT2D eigenvalue weighted by Crippen LogP contribution is 2.45. The topological polar surface area (TPSA) is 237 Å². The van der Waals surface area contributed by atoms with E-state index in [2.05, 4.69) is 34.6 Å². The number of unbranched alkanes of at least 4 members (excludes halogenated alkanes) is 40. The average Bonchev–Trinajstić information content (AvgIpc) is 3.71. The van der Waals surface area contributed by atoms with Crippen LogP contribution in [0.3, 0.4) is 0 Å². The lowest BCUT2D eigenvalue weighted by molar-refractivity contribution is -0.161. The minimum Gasteiger partial charge on any atom is -0.462 e. The first-order valence-corrected chi connectivity index (χ1v) is 38.6. The Hall–Kier alpha value is -1.94. The maximum atomic E-state index is 13.0. The largest absolute Gasteiger partial charge is 0.472 e. The number of hydrogen-bond acceptors (Lipinski definition) is 15. The molecule has 0 saturated carbocycles. The van der Waals surface area contributed by atoms with Gasteiger partial charge in [0.1, 0.15) is 19.3 Å². The highest BCUT2D eigenvalue weighted by atomic mass is 31.2. The van der Waals surface area contributed by atoms with E-state index in [9.17, 15) is 43.2 Å². The van der Waals surface area contributed by atoms with Crippen LogP contribution in [-0.2, 0) is 65.4 Å². The number of aliphatic hydroxyl groups is 1. The predicted molar refractivity (Wildman–Crippen MR) is 349 cm³/mol. The van der Waals surface area contributed by atoms with Crippen LogP contribution in [0.25, 0.3) is 0 Å². The van der Waals surface area contributed by atoms with E-state index < -0.39 is 97.5 Å². The molecule has 17 nitrogen and oxygen atoms in total. The summed E-state index contributed by atoms with van der Waals surface area (Å²) in [5.41, 5.74) is 0. The van der Waals surface area contributed by atoms with Crippen molar-refractivity contribution in [2.24, 2.45) is 5.92 Å². The number of esters is 4. The van der Waals surface area contributed by atoms with Gasteiger partial charge in [-0.25, -0.2) is 9.13 Å². The van der Waals surface area contributed by atoms with Gasteiger partial charge in [-0.05, 0) is 31.6 Å². The van der Waals surface area contributed by atoms with Gasteiger partial charge in [0.25, 0.3) is 0 Å². The number of hydrogen-bond donors (Lipinski definition) is 3. The second-order valence-corrected chi connectivity index (χ2v) is 27.9. The number of phosphoric ester groups is 2. The van der Waals surface area contributed by atoms with E-state index in [1.165, 1.54) is 173 Å². The molecule has 0 aliphatic heterocycles. The summed E-state index contributed by atoms with van der Waals surface area (Å²) < 4.78 is 68.1. The lowest BCUT2D eigenvalue weighted by Crippen LogP contribution is -2.30. The molecule has 0 rings (SSSR count). The van der Waals surface area contributed by atoms with Crippen LogP contribution in [0.1, 0.15) is 349 Å². The molecule has 0 amide bonds. The van der Waals surface area contributed by atoms with E-state index in [0.29, 0.717) is 31.6 Å². The minimum atomic E-state index is -4.95.